The topological polar surface area (TPSA) is 23.5 Å². The maximum atomic E-state index is 10.4. The fourth-order valence-electron chi connectivity index (χ4n) is 3.38. The summed E-state index contributed by atoms with van der Waals surface area (Å²) in [7, 11) is 0. The monoisotopic (exact) mass is 389 g/mol. The van der Waals surface area contributed by atoms with Crippen molar-refractivity contribution in [1.82, 2.24) is 4.90 Å². The summed E-state index contributed by atoms with van der Waals surface area (Å²) in [6.07, 6.45) is 0.977. The first-order valence-corrected chi connectivity index (χ1v) is 9.48. The summed E-state index contributed by atoms with van der Waals surface area (Å²) in [5.74, 6) is 0.552. The van der Waals surface area contributed by atoms with Crippen LogP contribution in [0.3, 0.4) is 0 Å². The minimum absolute atomic E-state index is 0.184. The minimum atomic E-state index is 0.184. The lowest BCUT2D eigenvalue weighted by atomic mass is 9.87. The van der Waals surface area contributed by atoms with E-state index in [-0.39, 0.29) is 5.92 Å². The molecule has 2 aromatic carbocycles. The van der Waals surface area contributed by atoms with Gasteiger partial charge in [0.2, 0.25) is 0 Å². The molecule has 0 aromatic heterocycles. The van der Waals surface area contributed by atoms with Crippen LogP contribution in [0.4, 0.5) is 0 Å². The first-order valence-electron chi connectivity index (χ1n) is 8.69. The molecule has 0 aliphatic rings. The molecule has 24 heavy (non-hydrogen) atoms. The highest BCUT2D eigenvalue weighted by Crippen LogP contribution is 2.36. The third-order valence-electron chi connectivity index (χ3n) is 4.57. The number of benzene rings is 2. The first-order chi connectivity index (χ1) is 11.4. The van der Waals surface area contributed by atoms with Gasteiger partial charge in [-0.2, -0.15) is 0 Å². The summed E-state index contributed by atoms with van der Waals surface area (Å²) in [5.41, 5.74) is 2.24. The Morgan fingerprint density at radius 1 is 0.958 bits per heavy atom. The minimum Gasteiger partial charge on any atom is -0.508 e. The normalized spacial score (nSPS) is 13.0. The third kappa shape index (κ3) is 4.84. The van der Waals surface area contributed by atoms with Crippen LogP contribution < -0.4 is 0 Å². The van der Waals surface area contributed by atoms with E-state index in [4.69, 9.17) is 0 Å². The Balaban J connectivity index is 2.32. The quantitative estimate of drug-likeness (QED) is 0.646. The van der Waals surface area contributed by atoms with Gasteiger partial charge in [0.25, 0.3) is 0 Å². The zero-order valence-electron chi connectivity index (χ0n) is 15.0. The zero-order valence-corrected chi connectivity index (χ0v) is 16.6. The van der Waals surface area contributed by atoms with Gasteiger partial charge in [-0.1, -0.05) is 46.3 Å². The Morgan fingerprint density at radius 2 is 1.58 bits per heavy atom. The summed E-state index contributed by atoms with van der Waals surface area (Å²) >= 11 is 3.54. The number of phenols is 1. The number of halogens is 1. The second-order valence-electron chi connectivity index (χ2n) is 6.88. The lowest BCUT2D eigenvalue weighted by molar-refractivity contribution is 0.170. The second-order valence-corrected chi connectivity index (χ2v) is 7.80. The van der Waals surface area contributed by atoms with Crippen molar-refractivity contribution in [2.75, 3.05) is 6.54 Å². The van der Waals surface area contributed by atoms with Gasteiger partial charge in [-0.3, -0.25) is 4.90 Å². The molecule has 3 heteroatoms. The maximum Gasteiger partial charge on any atom is 0.119 e. The lowest BCUT2D eigenvalue weighted by Crippen LogP contribution is -2.38. The molecule has 0 amide bonds. The number of nitrogens with zero attached hydrogens (tertiary/aromatic N) is 1. The van der Waals surface area contributed by atoms with Crippen LogP contribution in [-0.2, 0) is 0 Å². The van der Waals surface area contributed by atoms with Crippen LogP contribution in [0.15, 0.2) is 53.0 Å². The average Bonchev–Trinajstić information content (AvgIpc) is 2.54. The van der Waals surface area contributed by atoms with E-state index >= 15 is 0 Å². The van der Waals surface area contributed by atoms with Gasteiger partial charge in [0.1, 0.15) is 5.75 Å². The van der Waals surface area contributed by atoms with E-state index in [0.717, 1.165) is 23.0 Å². The Labute approximate surface area is 154 Å². The van der Waals surface area contributed by atoms with E-state index in [2.05, 4.69) is 72.8 Å². The Morgan fingerprint density at radius 3 is 2.17 bits per heavy atom. The molecule has 0 aliphatic heterocycles. The Hall–Kier alpha value is -1.32. The molecule has 1 N–H and O–H groups in total. The van der Waals surface area contributed by atoms with Gasteiger partial charge < -0.3 is 5.11 Å². The van der Waals surface area contributed by atoms with Crippen LogP contribution in [0, 0.1) is 0 Å². The van der Waals surface area contributed by atoms with E-state index in [9.17, 15) is 5.11 Å². The molecule has 0 spiro atoms. The standard InChI is InChI=1S/C21H28BrNO/c1-15(2)23(16(3)4)13-12-19(17-8-6-5-7-9-17)20-14-18(22)10-11-21(20)24/h5-11,14-16,19,24H,12-13H2,1-4H3. The van der Waals surface area contributed by atoms with Gasteiger partial charge in [0, 0.05) is 28.0 Å². The van der Waals surface area contributed by atoms with Crippen molar-refractivity contribution in [3.8, 4) is 5.75 Å². The maximum absolute atomic E-state index is 10.4. The number of hydrogen-bond donors (Lipinski definition) is 1. The lowest BCUT2D eigenvalue weighted by Gasteiger charge is -2.32. The predicted octanol–water partition coefficient (Wildman–Crippen LogP) is 5.80. The fourth-order valence-corrected chi connectivity index (χ4v) is 3.76. The molecule has 130 valence electrons. The van der Waals surface area contributed by atoms with E-state index in [1.807, 2.05) is 18.2 Å². The van der Waals surface area contributed by atoms with Crippen LogP contribution >= 0.6 is 15.9 Å². The summed E-state index contributed by atoms with van der Waals surface area (Å²) in [6.45, 7) is 9.98. The van der Waals surface area contributed by atoms with Crippen molar-refractivity contribution in [2.24, 2.45) is 0 Å². The highest BCUT2D eigenvalue weighted by molar-refractivity contribution is 9.10. The highest BCUT2D eigenvalue weighted by Gasteiger charge is 2.21. The van der Waals surface area contributed by atoms with E-state index in [1.165, 1.54) is 5.56 Å². The van der Waals surface area contributed by atoms with Crippen LogP contribution in [0.2, 0.25) is 0 Å². The molecule has 0 heterocycles. The largest absolute Gasteiger partial charge is 0.508 e. The molecule has 2 aromatic rings. The van der Waals surface area contributed by atoms with Crippen molar-refractivity contribution in [3.05, 3.63) is 64.1 Å². The van der Waals surface area contributed by atoms with E-state index in [1.54, 1.807) is 6.07 Å². The van der Waals surface area contributed by atoms with Gasteiger partial charge in [-0.15, -0.1) is 0 Å². The zero-order chi connectivity index (χ0) is 17.7. The molecule has 0 saturated heterocycles. The molecular formula is C21H28BrNO. The van der Waals surface area contributed by atoms with Gasteiger partial charge in [-0.25, -0.2) is 0 Å². The molecule has 0 fully saturated rings. The molecule has 2 nitrogen and oxygen atoms in total. The highest BCUT2D eigenvalue weighted by atomic mass is 79.9. The van der Waals surface area contributed by atoms with Crippen molar-refractivity contribution in [2.45, 2.75) is 52.1 Å². The number of aromatic hydroxyl groups is 1. The molecule has 0 aliphatic carbocycles. The number of rotatable bonds is 7. The predicted molar refractivity (Wildman–Crippen MR) is 106 cm³/mol. The van der Waals surface area contributed by atoms with Crippen molar-refractivity contribution < 1.29 is 5.11 Å². The van der Waals surface area contributed by atoms with Crippen LogP contribution in [0.5, 0.6) is 5.75 Å². The summed E-state index contributed by atoms with van der Waals surface area (Å²) < 4.78 is 1.00. The van der Waals surface area contributed by atoms with E-state index in [0.29, 0.717) is 17.8 Å². The third-order valence-corrected chi connectivity index (χ3v) is 5.06. The van der Waals surface area contributed by atoms with Crippen LogP contribution in [-0.4, -0.2) is 28.6 Å². The number of phenolic OH excluding ortho intramolecular Hbond substituents is 1. The fraction of sp³-hybridized carbons (Fsp3) is 0.429. The van der Waals surface area contributed by atoms with Crippen molar-refractivity contribution in [1.29, 1.82) is 0 Å². The van der Waals surface area contributed by atoms with Gasteiger partial charge in [-0.05, 0) is 64.4 Å². The summed E-state index contributed by atoms with van der Waals surface area (Å²) in [4.78, 5) is 2.50. The van der Waals surface area contributed by atoms with E-state index < -0.39 is 0 Å². The smallest absolute Gasteiger partial charge is 0.119 e. The molecule has 1 atom stereocenters. The van der Waals surface area contributed by atoms with Gasteiger partial charge in [0.05, 0.1) is 0 Å². The average molecular weight is 390 g/mol. The summed E-state index contributed by atoms with van der Waals surface area (Å²) in [5, 5.41) is 10.4. The Kier molecular flexibility index (Phi) is 6.88. The molecule has 0 radical (unpaired) electrons. The molecular weight excluding hydrogens is 362 g/mol. The first kappa shape index (κ1) is 19.0. The van der Waals surface area contributed by atoms with Crippen LogP contribution in [0.1, 0.15) is 51.2 Å². The van der Waals surface area contributed by atoms with Gasteiger partial charge in [0.15, 0.2) is 0 Å². The summed E-state index contributed by atoms with van der Waals surface area (Å²) in [6, 6.07) is 17.2. The van der Waals surface area contributed by atoms with Crippen LogP contribution in [0.25, 0.3) is 0 Å². The molecule has 2 rings (SSSR count). The SMILES string of the molecule is CC(C)N(CCC(c1ccccc1)c1cc(Br)ccc1O)C(C)C. The molecule has 0 bridgehead atoms. The molecule has 0 saturated carbocycles. The number of hydrogen-bond acceptors (Lipinski definition) is 2. The Bertz CT molecular complexity index is 632. The molecule has 1 unspecified atom stereocenters. The van der Waals surface area contributed by atoms with Crippen molar-refractivity contribution in [3.63, 3.8) is 0 Å². The second kappa shape index (κ2) is 8.68. The van der Waals surface area contributed by atoms with Gasteiger partial charge >= 0.3 is 0 Å². The van der Waals surface area contributed by atoms with Crippen molar-refractivity contribution >= 4 is 15.9 Å².